The van der Waals surface area contributed by atoms with E-state index in [1.54, 1.807) is 0 Å². The van der Waals surface area contributed by atoms with Gasteiger partial charge >= 0.3 is 40.2 Å². The van der Waals surface area contributed by atoms with E-state index in [-0.39, 0.29) is 18.6 Å². The molecule has 22 N–H and O–H groups in total. The van der Waals surface area contributed by atoms with Crippen LogP contribution >= 0.6 is 16.3 Å². The Morgan fingerprint density at radius 2 is 0.919 bits per heavy atom. The van der Waals surface area contributed by atoms with Gasteiger partial charge in [-0.25, -0.2) is 4.79 Å². The molecule has 1 rings (SSSR count). The van der Waals surface area contributed by atoms with Crippen LogP contribution in [0.15, 0.2) is 24.3 Å². The summed E-state index contributed by atoms with van der Waals surface area (Å²) < 4.78 is 8.84. The Morgan fingerprint density at radius 3 is 1.34 bits per heavy atom. The number of benzene rings is 1. The molecule has 416 valence electrons. The number of carboxylic acid groups (broad SMARTS) is 4. The van der Waals surface area contributed by atoms with Crippen LogP contribution in [0.2, 0.25) is 0 Å². The van der Waals surface area contributed by atoms with Crippen LogP contribution in [0.25, 0.3) is 0 Å². The van der Waals surface area contributed by atoms with Gasteiger partial charge in [0.2, 0.25) is 35.4 Å². The number of carbonyl (C=O) groups excluding carboxylic acids is 7. The van der Waals surface area contributed by atoms with E-state index in [2.05, 4.69) is 30.7 Å². The fourth-order valence-electron chi connectivity index (χ4n) is 6.17. The number of quaternary nitrogens is 1. The van der Waals surface area contributed by atoms with Gasteiger partial charge in [0.25, 0.3) is 5.91 Å². The van der Waals surface area contributed by atoms with Gasteiger partial charge in [0.05, 0.1) is 12.5 Å². The van der Waals surface area contributed by atoms with Crippen molar-refractivity contribution >= 4 is 81.6 Å². The summed E-state index contributed by atoms with van der Waals surface area (Å²) in [6.07, 6.45) is -6.22. The van der Waals surface area contributed by atoms with Gasteiger partial charge in [0.1, 0.15) is 61.3 Å². The lowest BCUT2D eigenvalue weighted by Gasteiger charge is -2.28. The van der Waals surface area contributed by atoms with Crippen LogP contribution in [0.3, 0.4) is 0 Å². The summed E-state index contributed by atoms with van der Waals surface area (Å²) in [5.74, 6) is -16.5. The third kappa shape index (κ3) is 26.6. The first-order valence-electron chi connectivity index (χ1n) is 21.8. The van der Waals surface area contributed by atoms with E-state index < -0.39 is 187 Å². The topological polar surface area (TPSA) is 561 Å². The number of aliphatic carboxylic acids is 4. The monoisotopic (exact) mass is 1110 g/mol. The van der Waals surface area contributed by atoms with Crippen molar-refractivity contribution in [2.24, 2.45) is 5.92 Å². The van der Waals surface area contributed by atoms with E-state index in [1.165, 1.54) is 38.1 Å². The highest BCUT2D eigenvalue weighted by Gasteiger charge is 2.41. The van der Waals surface area contributed by atoms with Gasteiger partial charge in [-0.15, -0.1) is 0 Å². The predicted octanol–water partition coefficient (Wildman–Crippen LogP) is -7.00. The molecule has 35 heteroatoms. The number of amides is 7. The molecule has 0 aliphatic heterocycles. The highest BCUT2D eigenvalue weighted by Crippen LogP contribution is 2.46. The van der Waals surface area contributed by atoms with Crippen LogP contribution in [0.5, 0.6) is 5.75 Å². The summed E-state index contributed by atoms with van der Waals surface area (Å²) >= 11 is 0. The maximum Gasteiger partial charge on any atom is 0.567 e. The first kappa shape index (κ1) is 65.7. The van der Waals surface area contributed by atoms with Crippen molar-refractivity contribution in [2.75, 3.05) is 13.2 Å². The minimum absolute atomic E-state index is 0.00651. The number of aromatic hydroxyl groups is 1. The molecule has 0 aromatic heterocycles. The second-order valence-electron chi connectivity index (χ2n) is 16.7. The van der Waals surface area contributed by atoms with Gasteiger partial charge in [-0.05, 0) is 49.8 Å². The van der Waals surface area contributed by atoms with Crippen molar-refractivity contribution in [3.63, 3.8) is 0 Å². The highest BCUT2D eigenvalue weighted by atomic mass is 31.2. The largest absolute Gasteiger partial charge is 0.567 e. The third-order valence-corrected chi connectivity index (χ3v) is 10.8. The molecule has 0 fully saturated rings. The standard InChI is InChI=1S/C39H60N8O25P2/c1-17(2)12-24(44-38(62)31(18(3)48)47-33(57)22(8-10-28(50)51)41-32(56)21(40)13-19-4-6-20(49)7-5-19)34(58)45-27(16-72-74(68,69)70)37(61)43-25(14-30(54)55)35(59)46-26(15-71-73(65,66)67)36(60)42-23(39(63)64)9-11-29(52)53/h4-7,17-18,21-27,31,48,65-70H,8-16,40H2,1-3H3,(H10-2,41,42,43,44,45,46,47,49,50,51,52,53,54,55,56,57,58,59,60,61,62,63,64)/p+3/t18-,21+,22+,23+,24+,25+,26+,27+,31+/m1/s1. The molecule has 0 aliphatic rings. The van der Waals surface area contributed by atoms with E-state index in [4.69, 9.17) is 5.11 Å². The summed E-state index contributed by atoms with van der Waals surface area (Å²) in [5, 5.41) is 71.8. The van der Waals surface area contributed by atoms with Crippen LogP contribution in [0.1, 0.15) is 64.9 Å². The van der Waals surface area contributed by atoms with Crippen molar-refractivity contribution < 1.29 is 128 Å². The zero-order valence-corrected chi connectivity index (χ0v) is 41.5. The van der Waals surface area contributed by atoms with E-state index >= 15 is 0 Å². The second kappa shape index (κ2) is 30.8. The van der Waals surface area contributed by atoms with Gasteiger partial charge in [0, 0.05) is 19.3 Å². The first-order chi connectivity index (χ1) is 34.1. The van der Waals surface area contributed by atoms with Crippen LogP contribution in [-0.4, -0.2) is 193 Å². The van der Waals surface area contributed by atoms with Gasteiger partial charge in [-0.3, -0.25) is 47.9 Å². The summed E-state index contributed by atoms with van der Waals surface area (Å²) in [7, 11) is -10.5. The lowest BCUT2D eigenvalue weighted by Crippen LogP contribution is -2.70. The van der Waals surface area contributed by atoms with Crippen LogP contribution in [0.4, 0.5) is 0 Å². The lowest BCUT2D eigenvalue weighted by molar-refractivity contribution is -0.403. The number of hydrogen-bond donors (Lipinski definition) is 20. The van der Waals surface area contributed by atoms with Crippen molar-refractivity contribution in [2.45, 2.75) is 120 Å². The Balaban J connectivity index is 3.49. The molecule has 0 aliphatic carbocycles. The van der Waals surface area contributed by atoms with Crippen LogP contribution < -0.4 is 43.0 Å². The molecule has 0 unspecified atom stereocenters. The van der Waals surface area contributed by atoms with Gasteiger partial charge < -0.3 is 73.6 Å². The number of carbonyl (C=O) groups is 11. The summed E-state index contributed by atoms with van der Waals surface area (Å²) in [5.41, 5.74) is 4.31. The normalized spacial score (nSPS) is 15.2. The number of phenols is 1. The zero-order valence-electron chi connectivity index (χ0n) is 39.7. The predicted molar refractivity (Wildman–Crippen MR) is 246 cm³/mol. The van der Waals surface area contributed by atoms with Gasteiger partial charge in [0.15, 0.2) is 6.04 Å². The maximum absolute atomic E-state index is 13.9. The van der Waals surface area contributed by atoms with Crippen LogP contribution in [0, 0.1) is 5.92 Å². The number of aliphatic hydroxyl groups excluding tert-OH is 1. The molecule has 1 aromatic rings. The molecule has 0 bridgehead atoms. The average Bonchev–Trinajstić information content (AvgIpc) is 3.26. The molecule has 0 heterocycles. The zero-order chi connectivity index (χ0) is 56.8. The molecule has 1 aromatic carbocycles. The lowest BCUT2D eigenvalue weighted by atomic mass is 10.0. The highest BCUT2D eigenvalue weighted by molar-refractivity contribution is 7.53. The SMILES string of the molecule is CC(C)C[C@H](NC(=O)[C@@H](NC(=O)[C@H](CCC(=O)O)NC(=O)[C@@H]([NH3+])Cc1ccc(O)cc1)[C@@H](C)O)C(=O)N[C@@H](CO[P+](O)(O)O)C(=O)N[C@@H](CC(=O)O)C(=O)N[C@@H](CO[P+](O)(O)O)C(=O)N[C@@H](CCC(=O)O)C(=O)O. The molecular weight excluding hydrogens is 1040 g/mol. The first-order valence-corrected chi connectivity index (χ1v) is 24.9. The van der Waals surface area contributed by atoms with Crippen LogP contribution in [-0.2, 0) is 68.2 Å². The molecule has 0 spiro atoms. The minimum atomic E-state index is -5.27. The average molecular weight is 1110 g/mol. The molecule has 74 heavy (non-hydrogen) atoms. The Labute approximate surface area is 420 Å². The van der Waals surface area contributed by atoms with E-state index in [1.807, 2.05) is 21.3 Å². The van der Waals surface area contributed by atoms with Crippen molar-refractivity contribution in [3.05, 3.63) is 29.8 Å². The molecule has 0 radical (unpaired) electrons. The Kier molecular flexibility index (Phi) is 27.3. The Morgan fingerprint density at radius 1 is 0.527 bits per heavy atom. The fraction of sp³-hybridized carbons (Fsp3) is 0.564. The summed E-state index contributed by atoms with van der Waals surface area (Å²) in [4.78, 5) is 197. The second-order valence-corrected chi connectivity index (χ2v) is 19.3. The number of phenolic OH excluding ortho intramolecular Hbond substituents is 1. The third-order valence-electron chi connectivity index (χ3n) is 9.84. The quantitative estimate of drug-likeness (QED) is 0.0285. The number of aliphatic hydroxyl groups is 1. The summed E-state index contributed by atoms with van der Waals surface area (Å²) in [6.45, 7) is 1.33. The molecule has 9 atom stereocenters. The van der Waals surface area contributed by atoms with Crippen molar-refractivity contribution in [1.82, 2.24) is 37.2 Å². The van der Waals surface area contributed by atoms with E-state index in [0.717, 1.165) is 6.92 Å². The fourth-order valence-corrected chi connectivity index (χ4v) is 6.87. The Bertz CT molecular complexity index is 2140. The molecule has 7 amide bonds. The van der Waals surface area contributed by atoms with Crippen molar-refractivity contribution in [3.8, 4) is 5.75 Å². The smallest absolute Gasteiger partial charge is 0.508 e. The van der Waals surface area contributed by atoms with E-state index in [9.17, 15) is 108 Å². The maximum atomic E-state index is 13.9. The van der Waals surface area contributed by atoms with Gasteiger partial charge in [-0.2, -0.15) is 38.4 Å². The molecule has 33 nitrogen and oxygen atoms in total. The number of hydrogen-bond acceptors (Lipinski definition) is 21. The number of rotatable bonds is 34. The number of nitrogens with one attached hydrogen (secondary N) is 7. The molecular formula is C39H63N8O25P2+3. The van der Waals surface area contributed by atoms with Crippen molar-refractivity contribution in [1.29, 1.82) is 0 Å². The minimum Gasteiger partial charge on any atom is -0.508 e. The Hall–Kier alpha value is -6.35. The summed E-state index contributed by atoms with van der Waals surface area (Å²) in [6, 6.07) is -9.56. The molecule has 0 saturated carbocycles. The number of carboxylic acids is 4. The van der Waals surface area contributed by atoms with Gasteiger partial charge in [-0.1, -0.05) is 26.0 Å². The van der Waals surface area contributed by atoms with E-state index in [0.29, 0.717) is 5.56 Å². The molecule has 0 saturated heterocycles.